The minimum absolute atomic E-state index is 0.0606. The van der Waals surface area contributed by atoms with Crippen molar-refractivity contribution >= 4 is 11.1 Å². The number of hydrogen-bond acceptors (Lipinski definition) is 4. The number of oxazole rings is 1. The van der Waals surface area contributed by atoms with Crippen LogP contribution >= 0.6 is 0 Å². The molecular formula is C15H21N3O. The van der Waals surface area contributed by atoms with Crippen LogP contribution in [0.5, 0.6) is 0 Å². The van der Waals surface area contributed by atoms with Crippen molar-refractivity contribution in [1.29, 1.82) is 0 Å². The van der Waals surface area contributed by atoms with E-state index in [4.69, 9.17) is 10.2 Å². The van der Waals surface area contributed by atoms with Gasteiger partial charge in [-0.1, -0.05) is 12.5 Å². The molecule has 2 heterocycles. The van der Waals surface area contributed by atoms with E-state index in [2.05, 4.69) is 16.4 Å². The van der Waals surface area contributed by atoms with E-state index >= 15 is 0 Å². The molecule has 2 aromatic rings. The predicted octanol–water partition coefficient (Wildman–Crippen LogP) is 2.67. The molecule has 0 radical (unpaired) electrons. The first-order valence-electron chi connectivity index (χ1n) is 7.08. The van der Waals surface area contributed by atoms with Gasteiger partial charge < -0.3 is 15.5 Å². The average molecular weight is 259 g/mol. The highest BCUT2D eigenvalue weighted by molar-refractivity contribution is 5.73. The van der Waals surface area contributed by atoms with E-state index < -0.39 is 0 Å². The van der Waals surface area contributed by atoms with Crippen molar-refractivity contribution in [3.8, 4) is 0 Å². The first-order chi connectivity index (χ1) is 9.22. The van der Waals surface area contributed by atoms with Crippen molar-refractivity contribution in [1.82, 2.24) is 10.3 Å². The minimum Gasteiger partial charge on any atom is -0.441 e. The van der Waals surface area contributed by atoms with Crippen molar-refractivity contribution in [2.45, 2.75) is 44.7 Å². The number of fused-ring (bicyclic) bond motifs is 1. The summed E-state index contributed by atoms with van der Waals surface area (Å²) in [4.78, 5) is 4.31. The van der Waals surface area contributed by atoms with Gasteiger partial charge in [0.2, 0.25) is 0 Å². The van der Waals surface area contributed by atoms with Crippen molar-refractivity contribution in [2.24, 2.45) is 5.73 Å². The zero-order valence-electron chi connectivity index (χ0n) is 11.4. The largest absolute Gasteiger partial charge is 0.441 e. The highest BCUT2D eigenvalue weighted by Gasteiger charge is 2.17. The zero-order valence-corrected chi connectivity index (χ0v) is 11.4. The third-order valence-electron chi connectivity index (χ3n) is 3.90. The Kier molecular flexibility index (Phi) is 3.53. The second-order valence-electron chi connectivity index (χ2n) is 5.45. The van der Waals surface area contributed by atoms with E-state index in [-0.39, 0.29) is 6.04 Å². The van der Waals surface area contributed by atoms with Crippen LogP contribution in [0.25, 0.3) is 11.1 Å². The van der Waals surface area contributed by atoms with Crippen LogP contribution in [0.1, 0.15) is 43.2 Å². The van der Waals surface area contributed by atoms with Crippen LogP contribution in [0.2, 0.25) is 0 Å². The fourth-order valence-corrected chi connectivity index (χ4v) is 2.85. The lowest BCUT2D eigenvalue weighted by Crippen LogP contribution is -2.36. The summed E-state index contributed by atoms with van der Waals surface area (Å²) in [7, 11) is 0. The molecule has 1 fully saturated rings. The molecule has 0 amide bonds. The molecule has 2 unspecified atom stereocenters. The Bertz CT molecular complexity index is 558. The molecule has 19 heavy (non-hydrogen) atoms. The number of aromatic nitrogens is 1. The van der Waals surface area contributed by atoms with Crippen LogP contribution in [0.15, 0.2) is 22.6 Å². The molecule has 0 bridgehead atoms. The van der Waals surface area contributed by atoms with Crippen LogP contribution in [0.3, 0.4) is 0 Å². The maximum Gasteiger partial charge on any atom is 0.192 e. The number of piperidine rings is 1. The lowest BCUT2D eigenvalue weighted by molar-refractivity contribution is 0.362. The summed E-state index contributed by atoms with van der Waals surface area (Å²) in [6, 6.07) is 6.71. The molecule has 0 saturated carbocycles. The number of nitrogens with zero attached hydrogens (tertiary/aromatic N) is 1. The molecule has 4 heteroatoms. The fourth-order valence-electron chi connectivity index (χ4n) is 2.85. The van der Waals surface area contributed by atoms with E-state index in [9.17, 15) is 0 Å². The lowest BCUT2D eigenvalue weighted by atomic mass is 9.94. The van der Waals surface area contributed by atoms with Gasteiger partial charge in [0.25, 0.3) is 0 Å². The van der Waals surface area contributed by atoms with Crippen LogP contribution in [0.4, 0.5) is 0 Å². The summed E-state index contributed by atoms with van der Waals surface area (Å²) in [5, 5.41) is 3.55. The molecule has 0 spiro atoms. The van der Waals surface area contributed by atoms with Gasteiger partial charge in [-0.15, -0.1) is 0 Å². The van der Waals surface area contributed by atoms with Gasteiger partial charge in [-0.3, -0.25) is 0 Å². The van der Waals surface area contributed by atoms with Gasteiger partial charge in [0, 0.05) is 19.0 Å². The molecular weight excluding hydrogens is 238 g/mol. The average Bonchev–Trinajstić information content (AvgIpc) is 2.78. The molecule has 3 rings (SSSR count). The number of nitrogens with one attached hydrogen (secondary N) is 1. The maximum absolute atomic E-state index is 6.32. The summed E-state index contributed by atoms with van der Waals surface area (Å²) in [6.45, 7) is 2.99. The number of benzene rings is 1. The number of hydrogen-bond donors (Lipinski definition) is 2. The Morgan fingerprint density at radius 2 is 2.37 bits per heavy atom. The molecule has 1 saturated heterocycles. The van der Waals surface area contributed by atoms with Crippen LogP contribution in [-0.2, 0) is 0 Å². The predicted molar refractivity (Wildman–Crippen MR) is 75.9 cm³/mol. The monoisotopic (exact) mass is 259 g/mol. The van der Waals surface area contributed by atoms with Crippen LogP contribution in [-0.4, -0.2) is 17.6 Å². The third-order valence-corrected chi connectivity index (χ3v) is 3.90. The molecule has 3 N–H and O–H groups in total. The van der Waals surface area contributed by atoms with E-state index in [0.29, 0.717) is 11.9 Å². The third kappa shape index (κ3) is 2.80. The zero-order chi connectivity index (χ0) is 13.2. The van der Waals surface area contributed by atoms with Crippen molar-refractivity contribution < 1.29 is 4.42 Å². The first kappa shape index (κ1) is 12.6. The van der Waals surface area contributed by atoms with Crippen LogP contribution in [0, 0.1) is 6.92 Å². The number of nitrogens with two attached hydrogens (primary N) is 1. The Labute approximate surface area is 113 Å². The van der Waals surface area contributed by atoms with Gasteiger partial charge in [-0.05, 0) is 43.5 Å². The normalized spacial score (nSPS) is 21.7. The second kappa shape index (κ2) is 5.31. The summed E-state index contributed by atoms with van der Waals surface area (Å²) >= 11 is 0. The van der Waals surface area contributed by atoms with Gasteiger partial charge in [0.05, 0.1) is 0 Å². The second-order valence-corrected chi connectivity index (χ2v) is 5.45. The Balaban J connectivity index is 1.74. The summed E-state index contributed by atoms with van der Waals surface area (Å²) < 4.78 is 5.57. The topological polar surface area (TPSA) is 64.1 Å². The molecule has 4 nitrogen and oxygen atoms in total. The molecule has 102 valence electrons. The Hall–Kier alpha value is -1.39. The molecule has 1 aliphatic heterocycles. The number of rotatable bonds is 3. The Morgan fingerprint density at radius 3 is 3.16 bits per heavy atom. The van der Waals surface area contributed by atoms with Crippen molar-refractivity contribution in [2.75, 3.05) is 6.54 Å². The standard InChI is InChI=1S/C15H21N3O/c1-10-18-14-6-5-11(8-15(14)19-10)13(16)9-12-4-2-3-7-17-12/h5-6,8,12-13,17H,2-4,7,9,16H2,1H3. The highest BCUT2D eigenvalue weighted by Crippen LogP contribution is 2.24. The number of aryl methyl sites for hydroxylation is 1. The highest BCUT2D eigenvalue weighted by atomic mass is 16.3. The molecule has 1 aliphatic rings. The summed E-state index contributed by atoms with van der Waals surface area (Å²) in [5.41, 5.74) is 9.20. The molecule has 2 atom stereocenters. The van der Waals surface area contributed by atoms with E-state index in [1.54, 1.807) is 0 Å². The van der Waals surface area contributed by atoms with Gasteiger partial charge in [0.15, 0.2) is 11.5 Å². The van der Waals surface area contributed by atoms with Gasteiger partial charge in [-0.2, -0.15) is 0 Å². The van der Waals surface area contributed by atoms with Crippen molar-refractivity contribution in [3.05, 3.63) is 29.7 Å². The SMILES string of the molecule is Cc1nc2ccc(C(N)CC3CCCCN3)cc2o1. The first-order valence-corrected chi connectivity index (χ1v) is 7.08. The quantitative estimate of drug-likeness (QED) is 0.889. The maximum atomic E-state index is 6.32. The van der Waals surface area contributed by atoms with Crippen LogP contribution < -0.4 is 11.1 Å². The van der Waals surface area contributed by atoms with Gasteiger partial charge in [-0.25, -0.2) is 4.98 Å². The Morgan fingerprint density at radius 1 is 1.47 bits per heavy atom. The van der Waals surface area contributed by atoms with E-state index in [1.165, 1.54) is 19.3 Å². The van der Waals surface area contributed by atoms with Gasteiger partial charge >= 0.3 is 0 Å². The van der Waals surface area contributed by atoms with E-state index in [1.807, 2.05) is 19.1 Å². The summed E-state index contributed by atoms with van der Waals surface area (Å²) in [6.07, 6.45) is 4.82. The van der Waals surface area contributed by atoms with Gasteiger partial charge in [0.1, 0.15) is 5.52 Å². The van der Waals surface area contributed by atoms with E-state index in [0.717, 1.165) is 29.6 Å². The molecule has 1 aromatic heterocycles. The summed E-state index contributed by atoms with van der Waals surface area (Å²) in [5.74, 6) is 0.703. The smallest absolute Gasteiger partial charge is 0.192 e. The molecule has 1 aromatic carbocycles. The lowest BCUT2D eigenvalue weighted by Gasteiger charge is -2.26. The molecule has 0 aliphatic carbocycles. The fraction of sp³-hybridized carbons (Fsp3) is 0.533. The minimum atomic E-state index is 0.0606. The van der Waals surface area contributed by atoms with Crippen molar-refractivity contribution in [3.63, 3.8) is 0 Å².